The van der Waals surface area contributed by atoms with Gasteiger partial charge in [0.15, 0.2) is 0 Å². The molecule has 0 aromatic rings. The van der Waals surface area contributed by atoms with Crippen LogP contribution in [0.2, 0.25) is 0 Å². The Morgan fingerprint density at radius 1 is 1.25 bits per heavy atom. The number of ether oxygens (including phenoxy) is 1. The number of rotatable bonds is 5. The third-order valence-electron chi connectivity index (χ3n) is 5.20. The Kier molecular flexibility index (Phi) is 4.27. The summed E-state index contributed by atoms with van der Waals surface area (Å²) in [4.78, 5) is 22.8. The molecule has 2 saturated carbocycles. The number of carbonyl (C=O) groups is 2. The number of cyclic esters (lactones) is 1. The Labute approximate surface area is 120 Å². The number of hydrogen-bond acceptors (Lipinski definition) is 3. The van der Waals surface area contributed by atoms with Crippen molar-refractivity contribution in [3.8, 4) is 0 Å². The zero-order valence-corrected chi connectivity index (χ0v) is 12.1. The van der Waals surface area contributed by atoms with Gasteiger partial charge in [-0.3, -0.25) is 9.59 Å². The standard InChI is InChI=1S/C16H25NO3/c18-15(6-11-7-16(19)20-10-11)17-9-13-8-14(13)12-4-2-1-3-5-12/h11-14H,1-10H2,(H,17,18)/t11-,13+,14+/m1/s1. The molecule has 0 unspecified atom stereocenters. The Balaban J connectivity index is 1.32. The molecule has 0 radical (unpaired) electrons. The van der Waals surface area contributed by atoms with E-state index in [9.17, 15) is 9.59 Å². The van der Waals surface area contributed by atoms with Crippen molar-refractivity contribution in [3.63, 3.8) is 0 Å². The summed E-state index contributed by atoms with van der Waals surface area (Å²) >= 11 is 0. The highest BCUT2D eigenvalue weighted by molar-refractivity contribution is 5.78. The summed E-state index contributed by atoms with van der Waals surface area (Å²) in [6.45, 7) is 1.25. The quantitative estimate of drug-likeness (QED) is 0.785. The molecule has 0 aromatic carbocycles. The van der Waals surface area contributed by atoms with Crippen LogP contribution in [0.5, 0.6) is 0 Å². The molecule has 1 saturated heterocycles. The van der Waals surface area contributed by atoms with Gasteiger partial charge in [0.2, 0.25) is 5.91 Å². The van der Waals surface area contributed by atoms with E-state index in [1.165, 1.54) is 38.5 Å². The minimum atomic E-state index is -0.164. The molecule has 0 bridgehead atoms. The molecule has 4 nitrogen and oxygen atoms in total. The van der Waals surface area contributed by atoms with E-state index in [1.54, 1.807) is 0 Å². The van der Waals surface area contributed by atoms with Crippen LogP contribution in [0.25, 0.3) is 0 Å². The molecule has 0 spiro atoms. The minimum absolute atomic E-state index is 0.0857. The molecule has 3 aliphatic rings. The molecule has 1 heterocycles. The van der Waals surface area contributed by atoms with E-state index in [4.69, 9.17) is 4.74 Å². The van der Waals surface area contributed by atoms with Gasteiger partial charge in [-0.05, 0) is 24.2 Å². The van der Waals surface area contributed by atoms with E-state index in [0.717, 1.165) is 18.4 Å². The summed E-state index contributed by atoms with van der Waals surface area (Å²) in [5.41, 5.74) is 0. The van der Waals surface area contributed by atoms with E-state index >= 15 is 0 Å². The second-order valence-electron chi connectivity index (χ2n) is 6.82. The summed E-state index contributed by atoms with van der Waals surface area (Å²) < 4.78 is 4.88. The van der Waals surface area contributed by atoms with Crippen molar-refractivity contribution >= 4 is 11.9 Å². The highest BCUT2D eigenvalue weighted by Gasteiger charge is 2.42. The summed E-state index contributed by atoms with van der Waals surface area (Å²) in [7, 11) is 0. The molecule has 112 valence electrons. The molecule has 1 amide bonds. The lowest BCUT2D eigenvalue weighted by Gasteiger charge is -2.21. The van der Waals surface area contributed by atoms with E-state index in [0.29, 0.717) is 25.4 Å². The van der Waals surface area contributed by atoms with Gasteiger partial charge in [0.05, 0.1) is 13.0 Å². The van der Waals surface area contributed by atoms with Crippen molar-refractivity contribution < 1.29 is 14.3 Å². The smallest absolute Gasteiger partial charge is 0.306 e. The summed E-state index contributed by atoms with van der Waals surface area (Å²) in [6, 6.07) is 0. The maximum absolute atomic E-state index is 11.8. The maximum atomic E-state index is 11.8. The van der Waals surface area contributed by atoms with Gasteiger partial charge in [-0.1, -0.05) is 32.1 Å². The average molecular weight is 279 g/mol. The Morgan fingerprint density at radius 3 is 2.75 bits per heavy atom. The number of nitrogens with one attached hydrogen (secondary N) is 1. The lowest BCUT2D eigenvalue weighted by atomic mass is 9.85. The van der Waals surface area contributed by atoms with Crippen LogP contribution in [0.15, 0.2) is 0 Å². The van der Waals surface area contributed by atoms with Crippen LogP contribution in [0.3, 0.4) is 0 Å². The highest BCUT2D eigenvalue weighted by atomic mass is 16.5. The van der Waals surface area contributed by atoms with Crippen molar-refractivity contribution in [2.75, 3.05) is 13.2 Å². The molecule has 2 aliphatic carbocycles. The zero-order valence-electron chi connectivity index (χ0n) is 12.1. The Morgan fingerprint density at radius 2 is 2.05 bits per heavy atom. The highest BCUT2D eigenvalue weighted by Crippen LogP contribution is 2.48. The van der Waals surface area contributed by atoms with Crippen molar-refractivity contribution in [1.29, 1.82) is 0 Å². The predicted octanol–water partition coefficient (Wildman–Crippen LogP) is 2.27. The first kappa shape index (κ1) is 13.9. The molecule has 0 aromatic heterocycles. The van der Waals surface area contributed by atoms with Gasteiger partial charge in [0.25, 0.3) is 0 Å². The summed E-state index contributed by atoms with van der Waals surface area (Å²) in [5, 5.41) is 3.05. The first-order valence-electron chi connectivity index (χ1n) is 8.14. The zero-order chi connectivity index (χ0) is 13.9. The lowest BCUT2D eigenvalue weighted by molar-refractivity contribution is -0.138. The molecular weight excluding hydrogens is 254 g/mol. The first-order chi connectivity index (χ1) is 9.72. The third-order valence-corrected chi connectivity index (χ3v) is 5.20. The molecule has 3 fully saturated rings. The van der Waals surface area contributed by atoms with Gasteiger partial charge in [0.1, 0.15) is 0 Å². The van der Waals surface area contributed by atoms with E-state index in [1.807, 2.05) is 0 Å². The molecule has 1 N–H and O–H groups in total. The van der Waals surface area contributed by atoms with Gasteiger partial charge < -0.3 is 10.1 Å². The fraction of sp³-hybridized carbons (Fsp3) is 0.875. The van der Waals surface area contributed by atoms with Crippen LogP contribution in [-0.4, -0.2) is 25.0 Å². The summed E-state index contributed by atoms with van der Waals surface area (Å²) in [5.74, 6) is 2.52. The molecule has 3 rings (SSSR count). The molecule has 20 heavy (non-hydrogen) atoms. The second-order valence-corrected chi connectivity index (χ2v) is 6.82. The molecular formula is C16H25NO3. The van der Waals surface area contributed by atoms with Gasteiger partial charge in [-0.2, -0.15) is 0 Å². The van der Waals surface area contributed by atoms with Crippen LogP contribution in [0, 0.1) is 23.7 Å². The van der Waals surface area contributed by atoms with E-state index in [-0.39, 0.29) is 17.8 Å². The van der Waals surface area contributed by atoms with Crippen molar-refractivity contribution in [2.45, 2.75) is 51.4 Å². The molecule has 3 atom stereocenters. The van der Waals surface area contributed by atoms with E-state index < -0.39 is 0 Å². The Hall–Kier alpha value is -1.06. The fourth-order valence-corrected chi connectivity index (χ4v) is 3.92. The SMILES string of the molecule is O=C(C[C@H]1COC(=O)C1)NC[C@@H]1C[C@H]1C1CCCCC1. The number of hydrogen-bond donors (Lipinski definition) is 1. The third kappa shape index (κ3) is 3.53. The number of amides is 1. The van der Waals surface area contributed by atoms with Crippen LogP contribution < -0.4 is 5.32 Å². The molecule has 4 heteroatoms. The first-order valence-corrected chi connectivity index (χ1v) is 8.14. The van der Waals surface area contributed by atoms with Crippen LogP contribution in [0.1, 0.15) is 51.4 Å². The normalized spacial score (nSPS) is 33.8. The Bertz CT molecular complexity index is 376. The number of carbonyl (C=O) groups excluding carboxylic acids is 2. The topological polar surface area (TPSA) is 55.4 Å². The van der Waals surface area contributed by atoms with Gasteiger partial charge in [-0.15, -0.1) is 0 Å². The molecule has 1 aliphatic heterocycles. The summed E-state index contributed by atoms with van der Waals surface area (Å²) in [6.07, 6.45) is 9.15. The van der Waals surface area contributed by atoms with Crippen molar-refractivity contribution in [2.24, 2.45) is 23.7 Å². The second kappa shape index (κ2) is 6.15. The minimum Gasteiger partial charge on any atom is -0.465 e. The van der Waals surface area contributed by atoms with Gasteiger partial charge in [0, 0.05) is 18.9 Å². The maximum Gasteiger partial charge on any atom is 0.306 e. The lowest BCUT2D eigenvalue weighted by Crippen LogP contribution is -2.28. The van der Waals surface area contributed by atoms with E-state index in [2.05, 4.69) is 5.32 Å². The number of esters is 1. The van der Waals surface area contributed by atoms with Crippen LogP contribution in [-0.2, 0) is 14.3 Å². The van der Waals surface area contributed by atoms with Crippen molar-refractivity contribution in [3.05, 3.63) is 0 Å². The largest absolute Gasteiger partial charge is 0.465 e. The fourth-order valence-electron chi connectivity index (χ4n) is 3.92. The predicted molar refractivity (Wildman–Crippen MR) is 74.9 cm³/mol. The van der Waals surface area contributed by atoms with Crippen molar-refractivity contribution in [1.82, 2.24) is 5.32 Å². The monoisotopic (exact) mass is 279 g/mol. The van der Waals surface area contributed by atoms with Gasteiger partial charge in [-0.25, -0.2) is 0 Å². The van der Waals surface area contributed by atoms with Gasteiger partial charge >= 0.3 is 5.97 Å². The average Bonchev–Trinajstić information content (AvgIpc) is 3.13. The van der Waals surface area contributed by atoms with Crippen LogP contribution in [0.4, 0.5) is 0 Å². The van der Waals surface area contributed by atoms with Crippen LogP contribution >= 0.6 is 0 Å².